The maximum absolute atomic E-state index is 10.9. The third kappa shape index (κ3) is 1.82. The number of H-pyrrole nitrogens is 1. The summed E-state index contributed by atoms with van der Waals surface area (Å²) in [4.78, 5) is 25.4. The molecule has 0 aliphatic heterocycles. The predicted octanol–water partition coefficient (Wildman–Crippen LogP) is 0.912. The van der Waals surface area contributed by atoms with Crippen LogP contribution in [-0.4, -0.2) is 25.8 Å². The second kappa shape index (κ2) is 3.82. The molecule has 0 bridgehead atoms. The summed E-state index contributed by atoms with van der Waals surface area (Å²) < 4.78 is 1.32. The van der Waals surface area contributed by atoms with Crippen LogP contribution in [0, 0.1) is 0 Å². The van der Waals surface area contributed by atoms with Gasteiger partial charge in [-0.25, -0.2) is 14.5 Å². The van der Waals surface area contributed by atoms with Crippen LogP contribution in [0.3, 0.4) is 0 Å². The van der Waals surface area contributed by atoms with Gasteiger partial charge in [-0.15, -0.1) is 0 Å². The molecule has 2 rings (SSSR count). The van der Waals surface area contributed by atoms with E-state index in [2.05, 4.69) is 10.1 Å². The summed E-state index contributed by atoms with van der Waals surface area (Å²) in [6, 6.07) is 2.58. The van der Waals surface area contributed by atoms with Crippen molar-refractivity contribution in [1.82, 2.24) is 14.8 Å². The fourth-order valence-corrected chi connectivity index (χ4v) is 1.44. The van der Waals surface area contributed by atoms with Gasteiger partial charge in [0.1, 0.15) is 0 Å². The van der Waals surface area contributed by atoms with Gasteiger partial charge in [0.15, 0.2) is 5.82 Å². The second-order valence-corrected chi connectivity index (χ2v) is 3.40. The summed E-state index contributed by atoms with van der Waals surface area (Å²) in [5.74, 6) is -0.837. The Kier molecular flexibility index (Phi) is 2.49. The number of pyridine rings is 1. The molecule has 6 nitrogen and oxygen atoms in total. The summed E-state index contributed by atoms with van der Waals surface area (Å²) in [6.07, 6.45) is 2.62. The van der Waals surface area contributed by atoms with E-state index in [4.69, 9.17) is 16.7 Å². The number of hydrogen-bond acceptors (Lipinski definition) is 3. The Hall–Kier alpha value is -2.08. The van der Waals surface area contributed by atoms with Gasteiger partial charge in [0, 0.05) is 18.5 Å². The highest BCUT2D eigenvalue weighted by atomic mass is 35.5. The first kappa shape index (κ1) is 10.4. The molecule has 0 saturated carbocycles. The quantitative estimate of drug-likeness (QED) is 0.815. The maximum Gasteiger partial charge on any atom is 0.337 e. The Bertz CT molecular complexity index is 602. The molecule has 0 fully saturated rings. The lowest BCUT2D eigenvalue weighted by Crippen LogP contribution is -2.07. The Morgan fingerprint density at radius 1 is 1.56 bits per heavy atom. The normalized spacial score (nSPS) is 10.3. The molecule has 0 radical (unpaired) electrons. The van der Waals surface area contributed by atoms with Crippen molar-refractivity contribution < 1.29 is 9.90 Å². The summed E-state index contributed by atoms with van der Waals surface area (Å²) >= 11 is 5.85. The molecule has 0 spiro atoms. The van der Waals surface area contributed by atoms with E-state index >= 15 is 0 Å². The van der Waals surface area contributed by atoms with E-state index in [0.717, 1.165) is 0 Å². The van der Waals surface area contributed by atoms with Gasteiger partial charge in [-0.05, 0) is 6.07 Å². The van der Waals surface area contributed by atoms with Crippen LogP contribution >= 0.6 is 11.6 Å². The molecule has 0 aromatic carbocycles. The molecule has 0 aliphatic carbocycles. The number of carboxylic acid groups (broad SMARTS) is 1. The zero-order valence-corrected chi connectivity index (χ0v) is 8.60. The van der Waals surface area contributed by atoms with E-state index in [9.17, 15) is 9.59 Å². The van der Waals surface area contributed by atoms with Crippen LogP contribution in [0.1, 0.15) is 10.4 Å². The highest BCUT2D eigenvalue weighted by molar-refractivity contribution is 6.32. The monoisotopic (exact) mass is 239 g/mol. The Morgan fingerprint density at radius 2 is 2.31 bits per heavy atom. The van der Waals surface area contributed by atoms with Crippen molar-refractivity contribution >= 4 is 17.6 Å². The summed E-state index contributed by atoms with van der Waals surface area (Å²) in [5, 5.41) is 11.3. The minimum Gasteiger partial charge on any atom is -0.478 e. The van der Waals surface area contributed by atoms with Crippen LogP contribution in [0.5, 0.6) is 0 Å². The van der Waals surface area contributed by atoms with Crippen molar-refractivity contribution in [2.75, 3.05) is 0 Å². The maximum atomic E-state index is 10.9. The third-order valence-corrected chi connectivity index (χ3v) is 2.18. The van der Waals surface area contributed by atoms with Crippen molar-refractivity contribution in [2.45, 2.75) is 0 Å². The molecule has 2 N–H and O–H groups in total. The summed E-state index contributed by atoms with van der Waals surface area (Å²) in [6.45, 7) is 0. The number of carboxylic acids is 1. The molecule has 2 aromatic rings. The Balaban J connectivity index is 2.51. The molecular formula is C9H6ClN3O3. The smallest absolute Gasteiger partial charge is 0.337 e. The first-order chi connectivity index (χ1) is 7.58. The first-order valence-corrected chi connectivity index (χ1v) is 4.62. The van der Waals surface area contributed by atoms with Gasteiger partial charge < -0.3 is 5.11 Å². The van der Waals surface area contributed by atoms with Gasteiger partial charge >= 0.3 is 5.97 Å². The molecule has 0 amide bonds. The zero-order valence-electron chi connectivity index (χ0n) is 7.85. The highest BCUT2D eigenvalue weighted by Crippen LogP contribution is 2.17. The van der Waals surface area contributed by atoms with Crippen molar-refractivity contribution in [3.05, 3.63) is 45.5 Å². The van der Waals surface area contributed by atoms with Crippen LogP contribution in [0.25, 0.3) is 5.82 Å². The van der Waals surface area contributed by atoms with Gasteiger partial charge in [0.05, 0.1) is 10.6 Å². The van der Waals surface area contributed by atoms with E-state index in [1.54, 1.807) is 0 Å². The first-order valence-electron chi connectivity index (χ1n) is 4.25. The molecule has 0 aliphatic rings. The molecule has 2 aromatic heterocycles. The number of hydrogen-bond donors (Lipinski definition) is 2. The lowest BCUT2D eigenvalue weighted by Gasteiger charge is -2.04. The lowest BCUT2D eigenvalue weighted by atomic mass is 10.3. The molecule has 7 heteroatoms. The van der Waals surface area contributed by atoms with E-state index in [1.165, 1.54) is 29.2 Å². The van der Waals surface area contributed by atoms with Gasteiger partial charge in [0.2, 0.25) is 0 Å². The van der Waals surface area contributed by atoms with Gasteiger partial charge in [-0.2, -0.15) is 0 Å². The minimum absolute atomic E-state index is 0.0109. The standard InChI is InChI=1S/C9H6ClN3O3/c10-6-3-5(9(15)16)4-11-8(6)13-2-1-7(14)12-13/h1-4H,(H,12,14)(H,15,16). The lowest BCUT2D eigenvalue weighted by molar-refractivity contribution is 0.0696. The molecule has 82 valence electrons. The number of rotatable bonds is 2. The van der Waals surface area contributed by atoms with Gasteiger partial charge in [0.25, 0.3) is 5.56 Å². The Morgan fingerprint density at radius 3 is 2.81 bits per heavy atom. The molecular weight excluding hydrogens is 234 g/mol. The number of halogens is 1. The van der Waals surface area contributed by atoms with Crippen molar-refractivity contribution in [3.8, 4) is 5.82 Å². The summed E-state index contributed by atoms with van der Waals surface area (Å²) in [7, 11) is 0. The number of aromatic nitrogens is 3. The molecule has 2 heterocycles. The number of aromatic amines is 1. The largest absolute Gasteiger partial charge is 0.478 e. The number of nitrogens with one attached hydrogen (secondary N) is 1. The number of nitrogens with zero attached hydrogens (tertiary/aromatic N) is 2. The highest BCUT2D eigenvalue weighted by Gasteiger charge is 2.09. The van der Waals surface area contributed by atoms with E-state index < -0.39 is 5.97 Å². The van der Waals surface area contributed by atoms with Crippen molar-refractivity contribution in [2.24, 2.45) is 0 Å². The predicted molar refractivity (Wildman–Crippen MR) is 56.2 cm³/mol. The van der Waals surface area contributed by atoms with Crippen LogP contribution in [0.4, 0.5) is 0 Å². The fraction of sp³-hybridized carbons (Fsp3) is 0. The summed E-state index contributed by atoms with van der Waals surface area (Å²) in [5.41, 5.74) is -0.302. The van der Waals surface area contributed by atoms with Gasteiger partial charge in [-0.3, -0.25) is 9.89 Å². The minimum atomic E-state index is -1.11. The molecule has 16 heavy (non-hydrogen) atoms. The average Bonchev–Trinajstić information content (AvgIpc) is 2.64. The SMILES string of the molecule is O=C(O)c1cnc(-n2ccc(=O)[nH]2)c(Cl)c1. The average molecular weight is 240 g/mol. The van der Waals surface area contributed by atoms with Crippen molar-refractivity contribution in [1.29, 1.82) is 0 Å². The zero-order chi connectivity index (χ0) is 11.7. The van der Waals surface area contributed by atoms with Crippen LogP contribution in [-0.2, 0) is 0 Å². The van der Waals surface area contributed by atoms with Crippen LogP contribution in [0.2, 0.25) is 5.02 Å². The van der Waals surface area contributed by atoms with E-state index in [1.807, 2.05) is 0 Å². The van der Waals surface area contributed by atoms with Crippen LogP contribution < -0.4 is 5.56 Å². The third-order valence-electron chi connectivity index (χ3n) is 1.90. The van der Waals surface area contributed by atoms with Crippen LogP contribution in [0.15, 0.2) is 29.3 Å². The number of carbonyl (C=O) groups is 1. The molecule has 0 saturated heterocycles. The Labute approximate surface area is 94.1 Å². The van der Waals surface area contributed by atoms with E-state index in [-0.39, 0.29) is 22.0 Å². The second-order valence-electron chi connectivity index (χ2n) is 3.00. The van der Waals surface area contributed by atoms with E-state index in [0.29, 0.717) is 0 Å². The van der Waals surface area contributed by atoms with Crippen molar-refractivity contribution in [3.63, 3.8) is 0 Å². The topological polar surface area (TPSA) is 88.0 Å². The fourth-order valence-electron chi connectivity index (χ4n) is 1.18. The number of aromatic carboxylic acids is 1. The van der Waals surface area contributed by atoms with Gasteiger partial charge in [-0.1, -0.05) is 11.6 Å². The molecule has 0 unspecified atom stereocenters. The molecule has 0 atom stereocenters.